The third kappa shape index (κ3) is 2.98. The SMILES string of the molecule is COC(=O)C(C)Nc1nc(NN)nc(-n2ccnc2)n1. The molecule has 20 heavy (non-hydrogen) atoms. The van der Waals surface area contributed by atoms with Crippen molar-refractivity contribution in [2.75, 3.05) is 17.9 Å². The Labute approximate surface area is 114 Å². The van der Waals surface area contributed by atoms with Crippen LogP contribution in [0.5, 0.6) is 0 Å². The molecule has 2 heterocycles. The number of carbonyl (C=O) groups is 1. The van der Waals surface area contributed by atoms with Crippen LogP contribution in [0.25, 0.3) is 5.95 Å². The Kier molecular flexibility index (Phi) is 4.05. The fraction of sp³-hybridized carbons (Fsp3) is 0.300. The van der Waals surface area contributed by atoms with E-state index in [-0.39, 0.29) is 11.9 Å². The third-order valence-electron chi connectivity index (χ3n) is 2.39. The van der Waals surface area contributed by atoms with Gasteiger partial charge >= 0.3 is 5.97 Å². The molecular formula is C10H14N8O2. The first-order chi connectivity index (χ1) is 9.63. The highest BCUT2D eigenvalue weighted by atomic mass is 16.5. The summed E-state index contributed by atoms with van der Waals surface area (Å²) in [6.45, 7) is 1.63. The average Bonchev–Trinajstić information content (AvgIpc) is 3.00. The summed E-state index contributed by atoms with van der Waals surface area (Å²) in [5.41, 5.74) is 2.33. The van der Waals surface area contributed by atoms with Crippen molar-refractivity contribution in [3.63, 3.8) is 0 Å². The van der Waals surface area contributed by atoms with Gasteiger partial charge in [-0.25, -0.2) is 15.6 Å². The van der Waals surface area contributed by atoms with Crippen molar-refractivity contribution in [1.82, 2.24) is 24.5 Å². The normalized spacial score (nSPS) is 11.8. The van der Waals surface area contributed by atoms with Crippen LogP contribution < -0.4 is 16.6 Å². The molecular weight excluding hydrogens is 264 g/mol. The van der Waals surface area contributed by atoms with E-state index in [4.69, 9.17) is 5.84 Å². The molecule has 0 saturated carbocycles. The van der Waals surface area contributed by atoms with E-state index >= 15 is 0 Å². The highest BCUT2D eigenvalue weighted by Crippen LogP contribution is 2.09. The van der Waals surface area contributed by atoms with E-state index in [1.54, 1.807) is 23.9 Å². The fourth-order valence-corrected chi connectivity index (χ4v) is 1.42. The first kappa shape index (κ1) is 13.7. The number of nitrogen functional groups attached to an aromatic ring is 1. The molecule has 106 valence electrons. The van der Waals surface area contributed by atoms with Gasteiger partial charge in [-0.3, -0.25) is 9.99 Å². The second-order valence-electron chi connectivity index (χ2n) is 3.79. The number of anilines is 2. The molecule has 0 aliphatic rings. The number of rotatable bonds is 5. The van der Waals surface area contributed by atoms with E-state index in [2.05, 4.69) is 35.4 Å². The van der Waals surface area contributed by atoms with Crippen molar-refractivity contribution < 1.29 is 9.53 Å². The van der Waals surface area contributed by atoms with Crippen molar-refractivity contribution in [2.45, 2.75) is 13.0 Å². The van der Waals surface area contributed by atoms with Crippen LogP contribution in [0.2, 0.25) is 0 Å². The van der Waals surface area contributed by atoms with E-state index in [9.17, 15) is 4.79 Å². The zero-order chi connectivity index (χ0) is 14.5. The van der Waals surface area contributed by atoms with Gasteiger partial charge in [0.2, 0.25) is 17.8 Å². The van der Waals surface area contributed by atoms with E-state index in [0.717, 1.165) is 0 Å². The summed E-state index contributed by atoms with van der Waals surface area (Å²) in [7, 11) is 1.30. The summed E-state index contributed by atoms with van der Waals surface area (Å²) in [6.07, 6.45) is 4.79. The van der Waals surface area contributed by atoms with Gasteiger partial charge in [-0.1, -0.05) is 0 Å². The lowest BCUT2D eigenvalue weighted by atomic mass is 10.3. The summed E-state index contributed by atoms with van der Waals surface area (Å²) in [5, 5.41) is 2.80. The molecule has 0 aromatic carbocycles. The number of imidazole rings is 1. The van der Waals surface area contributed by atoms with E-state index in [1.165, 1.54) is 13.4 Å². The van der Waals surface area contributed by atoms with Crippen LogP contribution in [0.15, 0.2) is 18.7 Å². The first-order valence-corrected chi connectivity index (χ1v) is 5.69. The molecule has 0 spiro atoms. The molecule has 0 fully saturated rings. The van der Waals surface area contributed by atoms with Gasteiger partial charge in [0.25, 0.3) is 0 Å². The largest absolute Gasteiger partial charge is 0.467 e. The number of aromatic nitrogens is 5. The number of carbonyl (C=O) groups excluding carboxylic acids is 1. The maximum atomic E-state index is 11.4. The minimum Gasteiger partial charge on any atom is -0.467 e. The van der Waals surface area contributed by atoms with Gasteiger partial charge in [-0.05, 0) is 6.92 Å². The lowest BCUT2D eigenvalue weighted by molar-refractivity contribution is -0.141. The minimum absolute atomic E-state index is 0.156. The maximum absolute atomic E-state index is 11.4. The molecule has 1 atom stereocenters. The first-order valence-electron chi connectivity index (χ1n) is 5.69. The quantitative estimate of drug-likeness (QED) is 0.369. The molecule has 2 aromatic rings. The smallest absolute Gasteiger partial charge is 0.328 e. The zero-order valence-corrected chi connectivity index (χ0v) is 10.9. The molecule has 1 unspecified atom stereocenters. The highest BCUT2D eigenvalue weighted by molar-refractivity contribution is 5.77. The number of hydrogen-bond donors (Lipinski definition) is 3. The number of nitrogens with two attached hydrogens (primary N) is 1. The number of hydrazine groups is 1. The molecule has 4 N–H and O–H groups in total. The van der Waals surface area contributed by atoms with Crippen molar-refractivity contribution in [3.8, 4) is 5.95 Å². The molecule has 0 amide bonds. The molecule has 0 bridgehead atoms. The molecule has 0 aliphatic heterocycles. The summed E-state index contributed by atoms with van der Waals surface area (Å²) < 4.78 is 6.19. The standard InChI is InChI=1S/C10H14N8O2/c1-6(7(19)20-2)13-8-14-9(17-11)16-10(15-8)18-4-3-12-5-18/h3-6H,11H2,1-2H3,(H2,13,14,15,16,17). The topological polar surface area (TPSA) is 133 Å². The molecule has 2 rings (SSSR count). The van der Waals surface area contributed by atoms with Gasteiger partial charge in [0.05, 0.1) is 7.11 Å². The van der Waals surface area contributed by atoms with Crippen LogP contribution in [0.4, 0.5) is 11.9 Å². The number of ether oxygens (including phenoxy) is 1. The number of hydrogen-bond acceptors (Lipinski definition) is 9. The predicted octanol–water partition coefficient (Wildman–Crippen LogP) is -0.684. The van der Waals surface area contributed by atoms with Crippen molar-refractivity contribution in [1.29, 1.82) is 0 Å². The third-order valence-corrected chi connectivity index (χ3v) is 2.39. The Morgan fingerprint density at radius 1 is 1.40 bits per heavy atom. The van der Waals surface area contributed by atoms with Gasteiger partial charge in [0, 0.05) is 12.4 Å². The number of nitrogens with zero attached hydrogens (tertiary/aromatic N) is 5. The molecule has 0 aliphatic carbocycles. The van der Waals surface area contributed by atoms with Crippen LogP contribution in [-0.2, 0) is 9.53 Å². The lowest BCUT2D eigenvalue weighted by Crippen LogP contribution is -2.28. The Morgan fingerprint density at radius 3 is 2.75 bits per heavy atom. The van der Waals surface area contributed by atoms with Crippen molar-refractivity contribution in [3.05, 3.63) is 18.7 Å². The van der Waals surface area contributed by atoms with E-state index in [0.29, 0.717) is 5.95 Å². The van der Waals surface area contributed by atoms with Crippen LogP contribution in [-0.4, -0.2) is 43.6 Å². The van der Waals surface area contributed by atoms with E-state index in [1.807, 2.05) is 0 Å². The Bertz CT molecular complexity index is 585. The van der Waals surface area contributed by atoms with Crippen molar-refractivity contribution >= 4 is 17.9 Å². The molecule has 0 saturated heterocycles. The van der Waals surface area contributed by atoms with Gasteiger partial charge < -0.3 is 10.1 Å². The van der Waals surface area contributed by atoms with Gasteiger partial charge in [-0.2, -0.15) is 15.0 Å². The van der Waals surface area contributed by atoms with Gasteiger partial charge in [-0.15, -0.1) is 0 Å². The number of nitrogens with one attached hydrogen (secondary N) is 2. The summed E-state index contributed by atoms with van der Waals surface area (Å²) in [5.74, 6) is 5.53. The summed E-state index contributed by atoms with van der Waals surface area (Å²) in [4.78, 5) is 27.5. The van der Waals surface area contributed by atoms with Crippen LogP contribution >= 0.6 is 0 Å². The van der Waals surface area contributed by atoms with Crippen LogP contribution in [0.1, 0.15) is 6.92 Å². The summed E-state index contributed by atoms with van der Waals surface area (Å²) in [6, 6.07) is -0.608. The fourth-order valence-electron chi connectivity index (χ4n) is 1.42. The maximum Gasteiger partial charge on any atom is 0.328 e. The molecule has 10 nitrogen and oxygen atoms in total. The van der Waals surface area contributed by atoms with Gasteiger partial charge in [0.1, 0.15) is 12.4 Å². The molecule has 2 aromatic heterocycles. The predicted molar refractivity (Wildman–Crippen MR) is 69.9 cm³/mol. The van der Waals surface area contributed by atoms with Gasteiger partial charge in [0.15, 0.2) is 0 Å². The van der Waals surface area contributed by atoms with E-state index < -0.39 is 12.0 Å². The van der Waals surface area contributed by atoms with Crippen LogP contribution in [0, 0.1) is 0 Å². The highest BCUT2D eigenvalue weighted by Gasteiger charge is 2.15. The average molecular weight is 278 g/mol. The Morgan fingerprint density at radius 2 is 2.15 bits per heavy atom. The second kappa shape index (κ2) is 5.93. The molecule has 10 heteroatoms. The Balaban J connectivity index is 2.29. The van der Waals surface area contributed by atoms with Crippen LogP contribution in [0.3, 0.4) is 0 Å². The monoisotopic (exact) mass is 278 g/mol. The minimum atomic E-state index is -0.608. The summed E-state index contributed by atoms with van der Waals surface area (Å²) >= 11 is 0. The van der Waals surface area contributed by atoms with Crippen molar-refractivity contribution in [2.24, 2.45) is 5.84 Å². The second-order valence-corrected chi connectivity index (χ2v) is 3.79. The zero-order valence-electron chi connectivity index (χ0n) is 10.9. The number of methoxy groups -OCH3 is 1. The molecule has 0 radical (unpaired) electrons. The number of esters is 1. The lowest BCUT2D eigenvalue weighted by Gasteiger charge is -2.12. The Hall–Kier alpha value is -2.75.